The van der Waals surface area contributed by atoms with E-state index in [-0.39, 0.29) is 18.0 Å². The number of esters is 1. The number of aromatic nitrogens is 1. The minimum Gasteiger partial charge on any atom is -0.459 e. The first kappa shape index (κ1) is 13.8. The predicted molar refractivity (Wildman–Crippen MR) is 76.5 cm³/mol. The van der Waals surface area contributed by atoms with Crippen LogP contribution in [0.1, 0.15) is 31.1 Å². The van der Waals surface area contributed by atoms with Gasteiger partial charge in [-0.1, -0.05) is 49.7 Å². The lowest BCUT2D eigenvalue weighted by Crippen LogP contribution is -2.20. The number of fused-ring (bicyclic) bond motifs is 1. The first-order valence-corrected chi connectivity index (χ1v) is 6.62. The van der Waals surface area contributed by atoms with Crippen molar-refractivity contribution in [2.75, 3.05) is 0 Å². The molecule has 1 heterocycles. The van der Waals surface area contributed by atoms with Gasteiger partial charge < -0.3 is 4.74 Å². The minimum atomic E-state index is -0.360. The summed E-state index contributed by atoms with van der Waals surface area (Å²) >= 11 is 6.03. The van der Waals surface area contributed by atoms with Crippen LogP contribution in [-0.2, 0) is 4.74 Å². The average molecular weight is 278 g/mol. The maximum atomic E-state index is 12.2. The van der Waals surface area contributed by atoms with Crippen molar-refractivity contribution >= 4 is 28.3 Å². The number of halogens is 1. The van der Waals surface area contributed by atoms with Crippen LogP contribution in [0, 0.1) is 5.92 Å². The van der Waals surface area contributed by atoms with Gasteiger partial charge >= 0.3 is 5.97 Å². The lowest BCUT2D eigenvalue weighted by molar-refractivity contribution is 0.0240. The molecule has 3 nitrogen and oxygen atoms in total. The zero-order chi connectivity index (χ0) is 14.0. The maximum Gasteiger partial charge on any atom is 0.340 e. The molecule has 100 valence electrons. The molecule has 0 aliphatic carbocycles. The summed E-state index contributed by atoms with van der Waals surface area (Å²) in [5.41, 5.74) is 0.451. The van der Waals surface area contributed by atoms with E-state index in [0.29, 0.717) is 10.7 Å². The summed E-state index contributed by atoms with van der Waals surface area (Å²) in [5, 5.41) is 1.92. The molecule has 1 atom stereocenters. The number of ether oxygens (including phenoxy) is 1. The number of nitrogens with zero attached hydrogens (tertiary/aromatic N) is 1. The van der Waals surface area contributed by atoms with Crippen molar-refractivity contribution < 1.29 is 9.53 Å². The van der Waals surface area contributed by atoms with Gasteiger partial charge in [0.25, 0.3) is 0 Å². The molecule has 0 amide bonds. The van der Waals surface area contributed by atoms with Crippen molar-refractivity contribution in [3.8, 4) is 0 Å². The molecule has 1 aromatic heterocycles. The molecule has 0 saturated carbocycles. The highest BCUT2D eigenvalue weighted by molar-refractivity contribution is 6.34. The Labute approximate surface area is 117 Å². The van der Waals surface area contributed by atoms with Gasteiger partial charge in [0.1, 0.15) is 11.3 Å². The summed E-state index contributed by atoms with van der Waals surface area (Å²) in [7, 11) is 0. The monoisotopic (exact) mass is 277 g/mol. The fourth-order valence-corrected chi connectivity index (χ4v) is 1.90. The second-order valence-electron chi connectivity index (χ2n) is 4.86. The minimum absolute atomic E-state index is 0.137. The Morgan fingerprint density at radius 1 is 1.21 bits per heavy atom. The highest BCUT2D eigenvalue weighted by atomic mass is 35.5. The van der Waals surface area contributed by atoms with E-state index in [0.717, 1.165) is 10.8 Å². The van der Waals surface area contributed by atoms with Gasteiger partial charge in [-0.05, 0) is 12.8 Å². The topological polar surface area (TPSA) is 39.2 Å². The lowest BCUT2D eigenvalue weighted by Gasteiger charge is -2.17. The van der Waals surface area contributed by atoms with Crippen molar-refractivity contribution in [3.63, 3.8) is 0 Å². The van der Waals surface area contributed by atoms with Gasteiger partial charge in [0, 0.05) is 17.0 Å². The van der Waals surface area contributed by atoms with Crippen LogP contribution in [0.2, 0.25) is 5.15 Å². The van der Waals surface area contributed by atoms with E-state index in [1.807, 2.05) is 45.0 Å². The van der Waals surface area contributed by atoms with Crippen LogP contribution in [0.15, 0.2) is 30.5 Å². The van der Waals surface area contributed by atoms with Crippen LogP contribution >= 0.6 is 11.6 Å². The van der Waals surface area contributed by atoms with Crippen molar-refractivity contribution in [1.29, 1.82) is 0 Å². The molecule has 2 aromatic rings. The summed E-state index contributed by atoms with van der Waals surface area (Å²) in [6.45, 7) is 5.90. The quantitative estimate of drug-likeness (QED) is 0.626. The fourth-order valence-electron chi connectivity index (χ4n) is 1.69. The first-order valence-electron chi connectivity index (χ1n) is 6.25. The highest BCUT2D eigenvalue weighted by Crippen LogP contribution is 2.25. The van der Waals surface area contributed by atoms with E-state index < -0.39 is 0 Å². The molecule has 0 fully saturated rings. The standard InChI is InChI=1S/C15H16ClNO2/c1-9(2)10(3)19-15(18)13-8-17-14(16)12-7-5-4-6-11(12)13/h4-10H,1-3H3. The zero-order valence-electron chi connectivity index (χ0n) is 11.2. The maximum absolute atomic E-state index is 12.2. The molecule has 1 unspecified atom stereocenters. The zero-order valence-corrected chi connectivity index (χ0v) is 11.9. The molecule has 4 heteroatoms. The smallest absolute Gasteiger partial charge is 0.340 e. The SMILES string of the molecule is CC(C)C(C)OC(=O)c1cnc(Cl)c2ccccc12. The number of carbonyl (C=O) groups is 1. The van der Waals surface area contributed by atoms with Gasteiger partial charge in [-0.15, -0.1) is 0 Å². The summed E-state index contributed by atoms with van der Waals surface area (Å²) in [5.74, 6) is -0.0861. The number of carbonyl (C=O) groups excluding carboxylic acids is 1. The second-order valence-corrected chi connectivity index (χ2v) is 5.22. The van der Waals surface area contributed by atoms with Crippen LogP contribution in [0.25, 0.3) is 10.8 Å². The van der Waals surface area contributed by atoms with Gasteiger partial charge in [-0.3, -0.25) is 0 Å². The number of hydrogen-bond donors (Lipinski definition) is 0. The Morgan fingerprint density at radius 3 is 2.47 bits per heavy atom. The number of rotatable bonds is 3. The van der Waals surface area contributed by atoms with E-state index in [2.05, 4.69) is 4.98 Å². The van der Waals surface area contributed by atoms with Crippen molar-refractivity contribution in [3.05, 3.63) is 41.2 Å². The third kappa shape index (κ3) is 2.87. The number of pyridine rings is 1. The molecule has 0 saturated heterocycles. The molecular formula is C15H16ClNO2. The van der Waals surface area contributed by atoms with E-state index in [9.17, 15) is 4.79 Å². The molecule has 1 aromatic carbocycles. The largest absolute Gasteiger partial charge is 0.459 e. The van der Waals surface area contributed by atoms with Gasteiger partial charge in [-0.25, -0.2) is 9.78 Å². The van der Waals surface area contributed by atoms with E-state index >= 15 is 0 Å². The van der Waals surface area contributed by atoms with E-state index in [1.165, 1.54) is 6.20 Å². The molecule has 2 rings (SSSR count). The van der Waals surface area contributed by atoms with Crippen LogP contribution in [0.3, 0.4) is 0 Å². The fraction of sp³-hybridized carbons (Fsp3) is 0.333. The molecule has 0 bridgehead atoms. The molecule has 0 N–H and O–H groups in total. The van der Waals surface area contributed by atoms with Crippen molar-refractivity contribution in [1.82, 2.24) is 4.98 Å². The van der Waals surface area contributed by atoms with Crippen LogP contribution in [0.4, 0.5) is 0 Å². The second kappa shape index (κ2) is 5.57. The van der Waals surface area contributed by atoms with Gasteiger partial charge in [0.2, 0.25) is 0 Å². The Morgan fingerprint density at radius 2 is 1.84 bits per heavy atom. The third-order valence-electron chi connectivity index (χ3n) is 3.20. The lowest BCUT2D eigenvalue weighted by atomic mass is 10.1. The van der Waals surface area contributed by atoms with Crippen LogP contribution < -0.4 is 0 Å². The van der Waals surface area contributed by atoms with Crippen LogP contribution in [-0.4, -0.2) is 17.1 Å². The van der Waals surface area contributed by atoms with Crippen molar-refractivity contribution in [2.45, 2.75) is 26.9 Å². The first-order chi connectivity index (χ1) is 9.00. The summed E-state index contributed by atoms with van der Waals surface area (Å²) in [6, 6.07) is 7.41. The normalized spacial score (nSPS) is 12.7. The molecule has 0 radical (unpaired) electrons. The average Bonchev–Trinajstić information content (AvgIpc) is 2.39. The Balaban J connectivity index is 2.40. The van der Waals surface area contributed by atoms with Crippen molar-refractivity contribution in [2.24, 2.45) is 5.92 Å². The van der Waals surface area contributed by atoms with Crippen LogP contribution in [0.5, 0.6) is 0 Å². The van der Waals surface area contributed by atoms with Gasteiger partial charge in [0.15, 0.2) is 0 Å². The molecule has 0 aliphatic heterocycles. The third-order valence-corrected chi connectivity index (χ3v) is 3.50. The summed E-state index contributed by atoms with van der Waals surface area (Å²) < 4.78 is 5.42. The summed E-state index contributed by atoms with van der Waals surface area (Å²) in [4.78, 5) is 16.2. The number of hydrogen-bond acceptors (Lipinski definition) is 3. The number of benzene rings is 1. The molecule has 0 spiro atoms. The molecular weight excluding hydrogens is 262 g/mol. The summed E-state index contributed by atoms with van der Waals surface area (Å²) in [6.07, 6.45) is 1.34. The Kier molecular flexibility index (Phi) is 4.05. The van der Waals surface area contributed by atoms with Gasteiger partial charge in [-0.2, -0.15) is 0 Å². The van der Waals surface area contributed by atoms with E-state index in [1.54, 1.807) is 0 Å². The van der Waals surface area contributed by atoms with E-state index in [4.69, 9.17) is 16.3 Å². The molecule has 19 heavy (non-hydrogen) atoms. The Hall–Kier alpha value is -1.61. The predicted octanol–water partition coefficient (Wildman–Crippen LogP) is 4.09. The highest BCUT2D eigenvalue weighted by Gasteiger charge is 2.18. The Bertz CT molecular complexity index is 610. The molecule has 0 aliphatic rings. The van der Waals surface area contributed by atoms with Gasteiger partial charge in [0.05, 0.1) is 5.56 Å².